The minimum atomic E-state index is -0.439. The van der Waals surface area contributed by atoms with Gasteiger partial charge in [-0.25, -0.2) is 4.39 Å². The van der Waals surface area contributed by atoms with Crippen molar-refractivity contribution < 1.29 is 4.39 Å². The van der Waals surface area contributed by atoms with Crippen molar-refractivity contribution in [3.8, 4) is 22.4 Å². The fourth-order valence-electron chi connectivity index (χ4n) is 2.04. The fraction of sp³-hybridized carbons (Fsp3) is 0. The molecule has 0 aliphatic carbocycles. The molecule has 0 bridgehead atoms. The Morgan fingerprint density at radius 2 is 1.90 bits per heavy atom. The van der Waals surface area contributed by atoms with E-state index < -0.39 is 5.82 Å². The molecule has 0 saturated heterocycles. The molecule has 0 fully saturated rings. The molecule has 3 aromatic rings. The Labute approximate surface area is 119 Å². The second-order valence-corrected chi connectivity index (χ2v) is 4.66. The summed E-state index contributed by atoms with van der Waals surface area (Å²) in [6, 6.07) is 8.69. The van der Waals surface area contributed by atoms with Crippen molar-refractivity contribution in [2.24, 2.45) is 0 Å². The van der Waals surface area contributed by atoms with E-state index in [0.717, 1.165) is 11.8 Å². The van der Waals surface area contributed by atoms with Crippen LogP contribution in [0.25, 0.3) is 22.4 Å². The first-order valence-corrected chi connectivity index (χ1v) is 6.24. The number of benzene rings is 1. The third kappa shape index (κ3) is 2.12. The van der Waals surface area contributed by atoms with Crippen LogP contribution in [0.2, 0.25) is 5.02 Å². The number of nitrogens with zero attached hydrogens (tertiary/aromatic N) is 2. The lowest BCUT2D eigenvalue weighted by Crippen LogP contribution is -1.90. The predicted molar refractivity (Wildman–Crippen MR) is 76.6 cm³/mol. The quantitative estimate of drug-likeness (QED) is 0.758. The highest BCUT2D eigenvalue weighted by molar-refractivity contribution is 6.30. The molecule has 0 atom stereocenters. The monoisotopic (exact) mass is 288 g/mol. The van der Waals surface area contributed by atoms with Gasteiger partial charge in [0.15, 0.2) is 11.6 Å². The molecule has 0 unspecified atom stereocenters. The molecule has 0 radical (unpaired) electrons. The Balaban J connectivity index is 2.20. The van der Waals surface area contributed by atoms with Crippen molar-refractivity contribution in [3.63, 3.8) is 0 Å². The lowest BCUT2D eigenvalue weighted by molar-refractivity contribution is 0.624. The average Bonchev–Trinajstić information content (AvgIpc) is 2.82. The summed E-state index contributed by atoms with van der Waals surface area (Å²) in [7, 11) is 0. The third-order valence-electron chi connectivity index (χ3n) is 2.97. The minimum Gasteiger partial charge on any atom is -0.382 e. The third-order valence-corrected chi connectivity index (χ3v) is 3.22. The zero-order valence-electron chi connectivity index (χ0n) is 10.3. The van der Waals surface area contributed by atoms with Gasteiger partial charge < -0.3 is 5.73 Å². The number of hydrogen-bond donors (Lipinski definition) is 2. The normalized spacial score (nSPS) is 10.7. The van der Waals surface area contributed by atoms with Gasteiger partial charge in [0.05, 0.1) is 17.5 Å². The van der Waals surface area contributed by atoms with Crippen molar-refractivity contribution in [2.45, 2.75) is 0 Å². The van der Waals surface area contributed by atoms with Gasteiger partial charge in [0, 0.05) is 16.8 Å². The summed E-state index contributed by atoms with van der Waals surface area (Å²) in [5.41, 5.74) is 8.23. The Kier molecular flexibility index (Phi) is 3.12. The van der Waals surface area contributed by atoms with E-state index in [1.165, 1.54) is 6.20 Å². The molecule has 3 rings (SSSR count). The highest BCUT2D eigenvalue weighted by Gasteiger charge is 2.17. The van der Waals surface area contributed by atoms with Gasteiger partial charge in [-0.2, -0.15) is 5.10 Å². The number of anilines is 1. The van der Waals surface area contributed by atoms with E-state index in [4.69, 9.17) is 17.3 Å². The zero-order chi connectivity index (χ0) is 14.1. The largest absolute Gasteiger partial charge is 0.382 e. The fourth-order valence-corrected chi connectivity index (χ4v) is 2.16. The topological polar surface area (TPSA) is 67.6 Å². The maximum Gasteiger partial charge on any atom is 0.153 e. The van der Waals surface area contributed by atoms with E-state index in [1.54, 1.807) is 18.2 Å². The minimum absolute atomic E-state index is 0.304. The van der Waals surface area contributed by atoms with Crippen LogP contribution < -0.4 is 5.73 Å². The molecule has 0 amide bonds. The summed E-state index contributed by atoms with van der Waals surface area (Å²) in [4.78, 5) is 3.73. The van der Waals surface area contributed by atoms with E-state index in [2.05, 4.69) is 15.2 Å². The van der Waals surface area contributed by atoms with Gasteiger partial charge in [0.1, 0.15) is 0 Å². The van der Waals surface area contributed by atoms with Crippen molar-refractivity contribution in [2.75, 3.05) is 5.73 Å². The molecule has 1 aromatic carbocycles. The highest BCUT2D eigenvalue weighted by atomic mass is 35.5. The van der Waals surface area contributed by atoms with Gasteiger partial charge in [0.2, 0.25) is 0 Å². The smallest absolute Gasteiger partial charge is 0.153 e. The molecule has 2 heterocycles. The number of aromatic nitrogens is 3. The molecule has 0 aliphatic rings. The maximum absolute atomic E-state index is 13.9. The van der Waals surface area contributed by atoms with Crippen LogP contribution in [0.3, 0.4) is 0 Å². The standard InChI is InChI=1S/C14H10ClFN4/c15-9-3-1-8(2-4-9)12-13(19-20-14(12)17)10-5-6-18-7-11(10)16/h1-7H,(H3,17,19,20). The van der Waals surface area contributed by atoms with Gasteiger partial charge in [-0.1, -0.05) is 23.7 Å². The molecule has 6 heteroatoms. The summed E-state index contributed by atoms with van der Waals surface area (Å²) >= 11 is 5.87. The number of rotatable bonds is 2. The number of hydrogen-bond acceptors (Lipinski definition) is 3. The van der Waals surface area contributed by atoms with E-state index in [1.807, 2.05) is 12.1 Å². The Morgan fingerprint density at radius 3 is 2.60 bits per heavy atom. The average molecular weight is 289 g/mol. The zero-order valence-corrected chi connectivity index (χ0v) is 11.0. The summed E-state index contributed by atoms with van der Waals surface area (Å²) in [6.07, 6.45) is 2.67. The highest BCUT2D eigenvalue weighted by Crippen LogP contribution is 2.35. The molecule has 20 heavy (non-hydrogen) atoms. The summed E-state index contributed by atoms with van der Waals surface area (Å²) in [5.74, 6) is -0.134. The van der Waals surface area contributed by atoms with Gasteiger partial charge in [-0.15, -0.1) is 0 Å². The molecule has 100 valence electrons. The van der Waals surface area contributed by atoms with Crippen molar-refractivity contribution >= 4 is 17.4 Å². The second kappa shape index (κ2) is 4.94. The number of halogens is 2. The number of nitrogens with two attached hydrogens (primary N) is 1. The summed E-state index contributed by atoms with van der Waals surface area (Å²) < 4.78 is 13.9. The first kappa shape index (κ1) is 12.6. The number of nitrogen functional groups attached to an aromatic ring is 1. The van der Waals surface area contributed by atoms with Crippen LogP contribution >= 0.6 is 11.6 Å². The molecule has 0 saturated carbocycles. The summed E-state index contributed by atoms with van der Waals surface area (Å²) in [5, 5.41) is 7.35. The maximum atomic E-state index is 13.9. The van der Waals surface area contributed by atoms with Crippen LogP contribution in [-0.2, 0) is 0 Å². The number of nitrogens with one attached hydrogen (secondary N) is 1. The Hall–Kier alpha value is -2.40. The summed E-state index contributed by atoms with van der Waals surface area (Å²) in [6.45, 7) is 0. The Bertz CT molecular complexity index is 752. The number of pyridine rings is 1. The van der Waals surface area contributed by atoms with Crippen LogP contribution in [0.4, 0.5) is 10.2 Å². The van der Waals surface area contributed by atoms with Crippen molar-refractivity contribution in [1.82, 2.24) is 15.2 Å². The molecule has 4 nitrogen and oxygen atoms in total. The molecule has 0 aliphatic heterocycles. The van der Waals surface area contributed by atoms with E-state index in [9.17, 15) is 4.39 Å². The van der Waals surface area contributed by atoms with Gasteiger partial charge >= 0.3 is 0 Å². The SMILES string of the molecule is Nc1n[nH]c(-c2ccncc2F)c1-c1ccc(Cl)cc1. The van der Waals surface area contributed by atoms with Gasteiger partial charge in [0.25, 0.3) is 0 Å². The lowest BCUT2D eigenvalue weighted by atomic mass is 10.0. The molecular weight excluding hydrogens is 279 g/mol. The first-order valence-electron chi connectivity index (χ1n) is 5.86. The van der Waals surface area contributed by atoms with E-state index in [-0.39, 0.29) is 0 Å². The van der Waals surface area contributed by atoms with Crippen LogP contribution in [0.1, 0.15) is 0 Å². The van der Waals surface area contributed by atoms with Crippen LogP contribution in [0.5, 0.6) is 0 Å². The molecule has 2 aromatic heterocycles. The van der Waals surface area contributed by atoms with E-state index in [0.29, 0.717) is 27.7 Å². The van der Waals surface area contributed by atoms with Crippen LogP contribution in [0.15, 0.2) is 42.7 Å². The van der Waals surface area contributed by atoms with Gasteiger partial charge in [-0.05, 0) is 23.8 Å². The van der Waals surface area contributed by atoms with Crippen LogP contribution in [0, 0.1) is 5.82 Å². The molecular formula is C14H10ClFN4. The second-order valence-electron chi connectivity index (χ2n) is 4.22. The van der Waals surface area contributed by atoms with E-state index >= 15 is 0 Å². The van der Waals surface area contributed by atoms with Crippen molar-refractivity contribution in [1.29, 1.82) is 0 Å². The van der Waals surface area contributed by atoms with Crippen molar-refractivity contribution in [3.05, 3.63) is 53.6 Å². The van der Waals surface area contributed by atoms with Gasteiger partial charge in [-0.3, -0.25) is 10.1 Å². The molecule has 3 N–H and O–H groups in total. The van der Waals surface area contributed by atoms with Crippen LogP contribution in [-0.4, -0.2) is 15.2 Å². The molecule has 0 spiro atoms. The number of aromatic amines is 1. The first-order chi connectivity index (χ1) is 9.66. The Morgan fingerprint density at radius 1 is 1.15 bits per heavy atom. The lowest BCUT2D eigenvalue weighted by Gasteiger charge is -2.05. The predicted octanol–water partition coefficient (Wildman–Crippen LogP) is 3.51. The number of H-pyrrole nitrogens is 1.